The highest BCUT2D eigenvalue weighted by atomic mass is 16.3. The summed E-state index contributed by atoms with van der Waals surface area (Å²) in [6, 6.07) is 5.89. The van der Waals surface area contributed by atoms with Crippen LogP contribution < -0.4 is 5.32 Å². The van der Waals surface area contributed by atoms with Crippen molar-refractivity contribution in [2.24, 2.45) is 0 Å². The number of nitrogens with one attached hydrogen (secondary N) is 1. The molecule has 1 aliphatic rings. The molecule has 0 unspecified atom stereocenters. The van der Waals surface area contributed by atoms with Gasteiger partial charge in [-0.05, 0) is 6.07 Å². The van der Waals surface area contributed by atoms with Gasteiger partial charge in [-0.3, -0.25) is 4.68 Å². The maximum Gasteiger partial charge on any atom is 0.141 e. The zero-order valence-electron chi connectivity index (χ0n) is 7.64. The minimum atomic E-state index is 0.312. The van der Waals surface area contributed by atoms with Gasteiger partial charge in [-0.25, -0.2) is 0 Å². The van der Waals surface area contributed by atoms with Crippen LogP contribution in [-0.4, -0.2) is 28.0 Å². The number of nitrogens with zero attached hydrogens (tertiary/aromatic N) is 2. The predicted octanol–water partition coefficient (Wildman–Crippen LogP) is 0.886. The number of rotatable bonds is 1. The molecule has 4 nitrogen and oxygen atoms in total. The molecule has 0 aliphatic carbocycles. The van der Waals surface area contributed by atoms with Crippen molar-refractivity contribution in [3.63, 3.8) is 0 Å². The quantitative estimate of drug-likeness (QED) is 0.700. The Hall–Kier alpha value is -1.55. The van der Waals surface area contributed by atoms with E-state index in [1.165, 1.54) is 0 Å². The van der Waals surface area contributed by atoms with Gasteiger partial charge >= 0.3 is 0 Å². The van der Waals surface area contributed by atoms with Gasteiger partial charge in [0.25, 0.3) is 0 Å². The van der Waals surface area contributed by atoms with Crippen LogP contribution in [-0.2, 0) is 0 Å². The summed E-state index contributed by atoms with van der Waals surface area (Å²) in [6.45, 7) is 1.87. The molecule has 1 aromatic carbocycles. The second kappa shape index (κ2) is 2.72. The van der Waals surface area contributed by atoms with Gasteiger partial charge in [0, 0.05) is 18.5 Å². The summed E-state index contributed by atoms with van der Waals surface area (Å²) < 4.78 is 1.90. The maximum atomic E-state index is 9.73. The highest BCUT2D eigenvalue weighted by Crippen LogP contribution is 2.27. The Morgan fingerprint density at radius 1 is 1.43 bits per heavy atom. The van der Waals surface area contributed by atoms with E-state index in [0.29, 0.717) is 11.8 Å². The van der Waals surface area contributed by atoms with E-state index in [1.54, 1.807) is 12.3 Å². The van der Waals surface area contributed by atoms with Crippen LogP contribution in [0.5, 0.6) is 5.75 Å². The first-order valence-electron chi connectivity index (χ1n) is 4.72. The lowest BCUT2D eigenvalue weighted by Gasteiger charge is -2.28. The summed E-state index contributed by atoms with van der Waals surface area (Å²) in [4.78, 5) is 0. The first kappa shape index (κ1) is 7.82. The molecule has 14 heavy (non-hydrogen) atoms. The zero-order chi connectivity index (χ0) is 9.54. The van der Waals surface area contributed by atoms with E-state index < -0.39 is 0 Å². The second-order valence-electron chi connectivity index (χ2n) is 3.62. The standard InChI is InChI=1S/C10H11N3O/c14-9-3-1-2-7-4-12-13(10(7)9)8-5-11-6-8/h1-4,8,11,14H,5-6H2. The average Bonchev–Trinajstić information content (AvgIpc) is 2.47. The Morgan fingerprint density at radius 2 is 2.29 bits per heavy atom. The molecule has 4 heteroatoms. The van der Waals surface area contributed by atoms with Crippen molar-refractivity contribution in [3.8, 4) is 5.75 Å². The monoisotopic (exact) mass is 189 g/mol. The molecule has 0 radical (unpaired) electrons. The molecule has 2 heterocycles. The molecule has 1 saturated heterocycles. The third kappa shape index (κ3) is 0.943. The number of benzene rings is 1. The molecule has 3 rings (SSSR count). The first-order valence-corrected chi connectivity index (χ1v) is 4.72. The summed E-state index contributed by atoms with van der Waals surface area (Å²) in [5.74, 6) is 0.312. The summed E-state index contributed by atoms with van der Waals surface area (Å²) in [6.07, 6.45) is 1.80. The lowest BCUT2D eigenvalue weighted by Crippen LogP contribution is -2.43. The smallest absolute Gasteiger partial charge is 0.141 e. The van der Waals surface area contributed by atoms with E-state index >= 15 is 0 Å². The van der Waals surface area contributed by atoms with Crippen LogP contribution in [0.25, 0.3) is 10.9 Å². The largest absolute Gasteiger partial charge is 0.506 e. The zero-order valence-corrected chi connectivity index (χ0v) is 7.64. The molecule has 0 bridgehead atoms. The molecular weight excluding hydrogens is 178 g/mol. The maximum absolute atomic E-state index is 9.73. The van der Waals surface area contributed by atoms with Crippen LogP contribution in [0.2, 0.25) is 0 Å². The molecule has 0 atom stereocenters. The summed E-state index contributed by atoms with van der Waals surface area (Å²) in [5.41, 5.74) is 0.846. The van der Waals surface area contributed by atoms with Gasteiger partial charge in [0.15, 0.2) is 0 Å². The second-order valence-corrected chi connectivity index (χ2v) is 3.62. The van der Waals surface area contributed by atoms with Crippen molar-refractivity contribution in [3.05, 3.63) is 24.4 Å². The normalized spacial score (nSPS) is 17.1. The average molecular weight is 189 g/mol. The molecule has 0 amide bonds. The third-order valence-corrected chi connectivity index (χ3v) is 2.70. The fourth-order valence-corrected chi connectivity index (χ4v) is 1.81. The minimum Gasteiger partial charge on any atom is -0.506 e. The number of phenolic OH excluding ortho intramolecular Hbond substituents is 1. The number of aromatic nitrogens is 2. The molecule has 0 saturated carbocycles. The Kier molecular flexibility index (Phi) is 1.52. The van der Waals surface area contributed by atoms with Gasteiger partial charge in [-0.2, -0.15) is 5.10 Å². The van der Waals surface area contributed by atoms with E-state index in [4.69, 9.17) is 0 Å². The predicted molar refractivity (Wildman–Crippen MR) is 53.3 cm³/mol. The molecule has 1 aliphatic heterocycles. The van der Waals surface area contributed by atoms with Gasteiger partial charge in [-0.1, -0.05) is 12.1 Å². The summed E-state index contributed by atoms with van der Waals surface area (Å²) in [5, 5.41) is 18.2. The number of hydrogen-bond acceptors (Lipinski definition) is 3. The van der Waals surface area contributed by atoms with E-state index in [0.717, 1.165) is 24.0 Å². The molecule has 2 N–H and O–H groups in total. The van der Waals surface area contributed by atoms with Gasteiger partial charge in [0.2, 0.25) is 0 Å². The summed E-state index contributed by atoms with van der Waals surface area (Å²) >= 11 is 0. The topological polar surface area (TPSA) is 50.1 Å². The lowest BCUT2D eigenvalue weighted by molar-refractivity contribution is 0.324. The van der Waals surface area contributed by atoms with E-state index in [2.05, 4.69) is 10.4 Å². The Morgan fingerprint density at radius 3 is 3.00 bits per heavy atom. The molecule has 1 aromatic heterocycles. The molecule has 1 fully saturated rings. The third-order valence-electron chi connectivity index (χ3n) is 2.70. The van der Waals surface area contributed by atoms with Crippen molar-refractivity contribution in [1.29, 1.82) is 0 Å². The van der Waals surface area contributed by atoms with E-state index in [1.807, 2.05) is 16.8 Å². The number of aromatic hydroxyl groups is 1. The fraction of sp³-hybridized carbons (Fsp3) is 0.300. The van der Waals surface area contributed by atoms with Crippen molar-refractivity contribution < 1.29 is 5.11 Å². The molecule has 0 spiro atoms. The van der Waals surface area contributed by atoms with Crippen LogP contribution in [0.4, 0.5) is 0 Å². The van der Waals surface area contributed by atoms with Crippen LogP contribution >= 0.6 is 0 Å². The van der Waals surface area contributed by atoms with Gasteiger partial charge in [0.1, 0.15) is 11.3 Å². The highest BCUT2D eigenvalue weighted by molar-refractivity contribution is 5.84. The first-order chi connectivity index (χ1) is 6.86. The van der Waals surface area contributed by atoms with Crippen LogP contribution in [0, 0.1) is 0 Å². The van der Waals surface area contributed by atoms with Gasteiger partial charge < -0.3 is 10.4 Å². The number of fused-ring (bicyclic) bond motifs is 1. The molecular formula is C10H11N3O. The highest BCUT2D eigenvalue weighted by Gasteiger charge is 2.22. The molecule has 2 aromatic rings. The Labute approximate surface area is 81.2 Å². The SMILES string of the molecule is Oc1cccc2cnn(C3CNC3)c12. The van der Waals surface area contributed by atoms with E-state index in [-0.39, 0.29) is 0 Å². The Bertz CT molecular complexity index is 473. The van der Waals surface area contributed by atoms with Crippen molar-refractivity contribution in [2.45, 2.75) is 6.04 Å². The van der Waals surface area contributed by atoms with Crippen LogP contribution in [0.1, 0.15) is 6.04 Å². The van der Waals surface area contributed by atoms with Crippen LogP contribution in [0.3, 0.4) is 0 Å². The van der Waals surface area contributed by atoms with Crippen molar-refractivity contribution in [2.75, 3.05) is 13.1 Å². The summed E-state index contributed by atoms with van der Waals surface area (Å²) in [7, 11) is 0. The number of phenols is 1. The van der Waals surface area contributed by atoms with Crippen molar-refractivity contribution >= 4 is 10.9 Å². The van der Waals surface area contributed by atoms with Crippen LogP contribution in [0.15, 0.2) is 24.4 Å². The number of para-hydroxylation sites is 1. The lowest BCUT2D eigenvalue weighted by atomic mass is 10.1. The van der Waals surface area contributed by atoms with Crippen molar-refractivity contribution in [1.82, 2.24) is 15.1 Å². The van der Waals surface area contributed by atoms with Gasteiger partial charge in [0.05, 0.1) is 12.2 Å². The Balaban J connectivity index is 2.23. The van der Waals surface area contributed by atoms with E-state index in [9.17, 15) is 5.11 Å². The minimum absolute atomic E-state index is 0.312. The fourth-order valence-electron chi connectivity index (χ4n) is 1.81. The number of hydrogen-bond donors (Lipinski definition) is 2. The molecule has 72 valence electrons. The van der Waals surface area contributed by atoms with Gasteiger partial charge in [-0.15, -0.1) is 0 Å².